The SMILES string of the molecule is COc1cc(-n2cnnn2)ccc1NC(=O)c1cc(C)nc(C)c1. The number of rotatable bonds is 4. The van der Waals surface area contributed by atoms with Crippen molar-refractivity contribution in [2.45, 2.75) is 13.8 Å². The minimum absolute atomic E-state index is 0.225. The van der Waals surface area contributed by atoms with E-state index in [4.69, 9.17) is 4.74 Å². The maximum Gasteiger partial charge on any atom is 0.255 e. The Labute approximate surface area is 138 Å². The average molecular weight is 324 g/mol. The van der Waals surface area contributed by atoms with Gasteiger partial charge in [-0.25, -0.2) is 4.68 Å². The molecular formula is C16H16N6O2. The van der Waals surface area contributed by atoms with Crippen molar-refractivity contribution in [3.8, 4) is 11.4 Å². The molecule has 122 valence electrons. The normalized spacial score (nSPS) is 10.5. The van der Waals surface area contributed by atoms with Gasteiger partial charge in [-0.1, -0.05) is 0 Å². The summed E-state index contributed by atoms with van der Waals surface area (Å²) >= 11 is 0. The lowest BCUT2D eigenvalue weighted by molar-refractivity contribution is 0.102. The Morgan fingerprint density at radius 3 is 2.54 bits per heavy atom. The van der Waals surface area contributed by atoms with Gasteiger partial charge in [0.15, 0.2) is 0 Å². The van der Waals surface area contributed by atoms with Crippen molar-refractivity contribution in [3.05, 3.63) is 53.6 Å². The number of benzene rings is 1. The van der Waals surface area contributed by atoms with E-state index in [0.29, 0.717) is 17.0 Å². The molecule has 8 nitrogen and oxygen atoms in total. The maximum atomic E-state index is 12.5. The van der Waals surface area contributed by atoms with E-state index in [0.717, 1.165) is 17.1 Å². The van der Waals surface area contributed by atoms with E-state index in [2.05, 4.69) is 25.8 Å². The first-order valence-electron chi connectivity index (χ1n) is 7.25. The fraction of sp³-hybridized carbons (Fsp3) is 0.188. The molecule has 8 heteroatoms. The summed E-state index contributed by atoms with van der Waals surface area (Å²) in [5.74, 6) is 0.288. The number of amides is 1. The number of nitrogens with zero attached hydrogens (tertiary/aromatic N) is 5. The summed E-state index contributed by atoms with van der Waals surface area (Å²) < 4.78 is 6.86. The summed E-state index contributed by atoms with van der Waals surface area (Å²) in [7, 11) is 1.54. The van der Waals surface area contributed by atoms with E-state index in [9.17, 15) is 4.79 Å². The van der Waals surface area contributed by atoms with Crippen molar-refractivity contribution >= 4 is 11.6 Å². The second-order valence-corrected chi connectivity index (χ2v) is 5.23. The van der Waals surface area contributed by atoms with Crippen LogP contribution in [0.3, 0.4) is 0 Å². The summed E-state index contributed by atoms with van der Waals surface area (Å²) in [6.45, 7) is 3.70. The number of methoxy groups -OCH3 is 1. The zero-order chi connectivity index (χ0) is 17.1. The largest absolute Gasteiger partial charge is 0.494 e. The Kier molecular flexibility index (Phi) is 4.19. The second kappa shape index (κ2) is 6.45. The molecule has 0 saturated heterocycles. The Balaban J connectivity index is 1.88. The van der Waals surface area contributed by atoms with E-state index >= 15 is 0 Å². The fourth-order valence-corrected chi connectivity index (χ4v) is 2.37. The zero-order valence-corrected chi connectivity index (χ0v) is 13.5. The van der Waals surface area contributed by atoms with Gasteiger partial charge in [0, 0.05) is 23.0 Å². The highest BCUT2D eigenvalue weighted by molar-refractivity contribution is 6.05. The van der Waals surface area contributed by atoms with E-state index in [1.54, 1.807) is 30.3 Å². The van der Waals surface area contributed by atoms with E-state index in [1.165, 1.54) is 18.1 Å². The van der Waals surface area contributed by atoms with Crippen LogP contribution in [-0.2, 0) is 0 Å². The molecule has 2 aromatic heterocycles. The van der Waals surface area contributed by atoms with Gasteiger partial charge in [0.1, 0.15) is 12.1 Å². The van der Waals surface area contributed by atoms with Gasteiger partial charge >= 0.3 is 0 Å². The van der Waals surface area contributed by atoms with E-state index in [-0.39, 0.29) is 5.91 Å². The first kappa shape index (κ1) is 15.6. The molecule has 0 aliphatic heterocycles. The third-order valence-electron chi connectivity index (χ3n) is 3.39. The smallest absolute Gasteiger partial charge is 0.255 e. The third-order valence-corrected chi connectivity index (χ3v) is 3.39. The zero-order valence-electron chi connectivity index (χ0n) is 13.5. The molecule has 1 N–H and O–H groups in total. The molecule has 1 amide bonds. The van der Waals surface area contributed by atoms with Crippen molar-refractivity contribution in [1.82, 2.24) is 25.2 Å². The highest BCUT2D eigenvalue weighted by Gasteiger charge is 2.12. The first-order valence-corrected chi connectivity index (χ1v) is 7.25. The van der Waals surface area contributed by atoms with Crippen molar-refractivity contribution in [2.24, 2.45) is 0 Å². The van der Waals surface area contributed by atoms with Crippen LogP contribution in [-0.4, -0.2) is 38.2 Å². The van der Waals surface area contributed by atoms with Crippen LogP contribution in [0.25, 0.3) is 5.69 Å². The number of anilines is 1. The number of carbonyl (C=O) groups is 1. The van der Waals surface area contributed by atoms with Crippen molar-refractivity contribution in [3.63, 3.8) is 0 Å². The van der Waals surface area contributed by atoms with E-state index in [1.807, 2.05) is 13.8 Å². The van der Waals surface area contributed by atoms with Crippen LogP contribution in [0.2, 0.25) is 0 Å². The second-order valence-electron chi connectivity index (χ2n) is 5.23. The summed E-state index contributed by atoms with van der Waals surface area (Å²) in [4.78, 5) is 16.7. The molecule has 0 unspecified atom stereocenters. The van der Waals surface area contributed by atoms with Crippen LogP contribution < -0.4 is 10.1 Å². The average Bonchev–Trinajstić information content (AvgIpc) is 3.08. The summed E-state index contributed by atoms with van der Waals surface area (Å²) in [5.41, 5.74) is 3.42. The highest BCUT2D eigenvalue weighted by Crippen LogP contribution is 2.27. The molecule has 0 aliphatic rings. The molecule has 0 fully saturated rings. The standard InChI is InChI=1S/C16H16N6O2/c1-10-6-12(7-11(2)18-10)16(23)19-14-5-4-13(8-15(14)24-3)22-9-17-20-21-22/h4-9H,1-3H3,(H,19,23). The third kappa shape index (κ3) is 3.22. The number of carbonyl (C=O) groups excluding carboxylic acids is 1. The van der Waals surface area contributed by atoms with Gasteiger partial charge in [0.2, 0.25) is 0 Å². The van der Waals surface area contributed by atoms with Gasteiger partial charge in [0.05, 0.1) is 18.5 Å². The lowest BCUT2D eigenvalue weighted by Crippen LogP contribution is -2.13. The van der Waals surface area contributed by atoms with Crippen molar-refractivity contribution in [2.75, 3.05) is 12.4 Å². The molecule has 0 aliphatic carbocycles. The quantitative estimate of drug-likeness (QED) is 0.788. The van der Waals surface area contributed by atoms with Gasteiger partial charge in [0.25, 0.3) is 5.91 Å². The number of nitrogens with one attached hydrogen (secondary N) is 1. The predicted molar refractivity (Wildman–Crippen MR) is 87.4 cm³/mol. The molecule has 24 heavy (non-hydrogen) atoms. The summed E-state index contributed by atoms with van der Waals surface area (Å²) in [6.07, 6.45) is 1.48. The number of aromatic nitrogens is 5. The fourth-order valence-electron chi connectivity index (χ4n) is 2.37. The molecule has 0 atom stereocenters. The van der Waals surface area contributed by atoms with Crippen LogP contribution in [0.1, 0.15) is 21.7 Å². The topological polar surface area (TPSA) is 94.8 Å². The molecule has 2 heterocycles. The molecular weight excluding hydrogens is 308 g/mol. The Bertz CT molecular complexity index is 856. The minimum Gasteiger partial charge on any atom is -0.494 e. The van der Waals surface area contributed by atoms with Gasteiger partial charge in [-0.05, 0) is 48.5 Å². The number of aryl methyl sites for hydroxylation is 2. The van der Waals surface area contributed by atoms with Crippen molar-refractivity contribution < 1.29 is 9.53 Å². The van der Waals surface area contributed by atoms with Gasteiger partial charge in [-0.2, -0.15) is 0 Å². The van der Waals surface area contributed by atoms with Crippen LogP contribution in [0, 0.1) is 13.8 Å². The van der Waals surface area contributed by atoms with Crippen LogP contribution in [0.15, 0.2) is 36.7 Å². The summed E-state index contributed by atoms with van der Waals surface area (Å²) in [5, 5.41) is 13.9. The number of tetrazole rings is 1. The number of hydrogen-bond acceptors (Lipinski definition) is 6. The first-order chi connectivity index (χ1) is 11.6. The predicted octanol–water partition coefficient (Wildman–Crippen LogP) is 1.94. The Morgan fingerprint density at radius 2 is 1.92 bits per heavy atom. The molecule has 3 rings (SSSR count). The Morgan fingerprint density at radius 1 is 1.17 bits per heavy atom. The maximum absolute atomic E-state index is 12.5. The van der Waals surface area contributed by atoms with Crippen LogP contribution >= 0.6 is 0 Å². The Hall–Kier alpha value is -3.29. The summed E-state index contributed by atoms with van der Waals surface area (Å²) in [6, 6.07) is 8.76. The van der Waals surface area contributed by atoms with Crippen LogP contribution in [0.4, 0.5) is 5.69 Å². The van der Waals surface area contributed by atoms with Gasteiger partial charge < -0.3 is 10.1 Å². The van der Waals surface area contributed by atoms with E-state index < -0.39 is 0 Å². The van der Waals surface area contributed by atoms with Crippen molar-refractivity contribution in [1.29, 1.82) is 0 Å². The monoisotopic (exact) mass is 324 g/mol. The molecule has 1 aromatic carbocycles. The number of pyridine rings is 1. The molecule has 0 saturated carbocycles. The molecule has 0 spiro atoms. The number of ether oxygens (including phenoxy) is 1. The minimum atomic E-state index is -0.225. The van der Waals surface area contributed by atoms with Crippen LogP contribution in [0.5, 0.6) is 5.75 Å². The lowest BCUT2D eigenvalue weighted by atomic mass is 10.1. The molecule has 3 aromatic rings. The lowest BCUT2D eigenvalue weighted by Gasteiger charge is -2.12. The molecule has 0 bridgehead atoms. The van der Waals surface area contributed by atoms with Gasteiger partial charge in [-0.15, -0.1) is 5.10 Å². The van der Waals surface area contributed by atoms with Gasteiger partial charge in [-0.3, -0.25) is 9.78 Å². The number of hydrogen-bond donors (Lipinski definition) is 1. The molecule has 0 radical (unpaired) electrons. The highest BCUT2D eigenvalue weighted by atomic mass is 16.5.